The van der Waals surface area contributed by atoms with E-state index in [0.29, 0.717) is 5.92 Å². The average Bonchev–Trinajstić information content (AvgIpc) is 3.01. The molecule has 2 aliphatic carbocycles. The zero-order valence-corrected chi connectivity index (χ0v) is 11.8. The van der Waals surface area contributed by atoms with E-state index in [9.17, 15) is 4.79 Å². The van der Waals surface area contributed by atoms with E-state index in [2.05, 4.69) is 4.98 Å². The number of rotatable bonds is 4. The summed E-state index contributed by atoms with van der Waals surface area (Å²) < 4.78 is 0. The lowest BCUT2D eigenvalue weighted by Crippen LogP contribution is -2.16. The summed E-state index contributed by atoms with van der Waals surface area (Å²) in [5.41, 5.74) is 0.772. The van der Waals surface area contributed by atoms with E-state index < -0.39 is 0 Å². The molecule has 0 aromatic carbocycles. The van der Waals surface area contributed by atoms with Gasteiger partial charge in [0.1, 0.15) is 5.82 Å². The Labute approximate surface area is 115 Å². The Morgan fingerprint density at radius 2 is 2.16 bits per heavy atom. The van der Waals surface area contributed by atoms with Crippen molar-refractivity contribution >= 4 is 11.6 Å². The van der Waals surface area contributed by atoms with Crippen LogP contribution in [0, 0.1) is 17.8 Å². The van der Waals surface area contributed by atoms with Crippen molar-refractivity contribution in [3.05, 3.63) is 23.9 Å². The monoisotopic (exact) mass is 258 g/mol. The second-order valence-electron chi connectivity index (χ2n) is 6.36. The molecule has 0 N–H and O–H groups in total. The highest BCUT2D eigenvalue weighted by Gasteiger charge is 2.40. The molecule has 0 amide bonds. The summed E-state index contributed by atoms with van der Waals surface area (Å²) in [6, 6.07) is 3.84. The number of hydrogen-bond donors (Lipinski definition) is 0. The molecule has 0 radical (unpaired) electrons. The van der Waals surface area contributed by atoms with Crippen molar-refractivity contribution in [1.29, 1.82) is 0 Å². The lowest BCUT2D eigenvalue weighted by atomic mass is 9.84. The average molecular weight is 258 g/mol. The van der Waals surface area contributed by atoms with Crippen molar-refractivity contribution in [2.75, 3.05) is 19.0 Å². The fourth-order valence-electron chi connectivity index (χ4n) is 3.80. The summed E-state index contributed by atoms with van der Waals surface area (Å²) >= 11 is 0. The van der Waals surface area contributed by atoms with E-state index in [-0.39, 0.29) is 5.78 Å². The van der Waals surface area contributed by atoms with Gasteiger partial charge in [-0.05, 0) is 49.1 Å². The zero-order chi connectivity index (χ0) is 13.4. The Balaban J connectivity index is 1.64. The number of Topliss-reactive ketones (excluding diaryl/α,β-unsaturated/α-hetero) is 1. The van der Waals surface area contributed by atoms with Crippen LogP contribution in [0.5, 0.6) is 0 Å². The zero-order valence-electron chi connectivity index (χ0n) is 11.8. The minimum atomic E-state index is 0.273. The van der Waals surface area contributed by atoms with E-state index in [1.165, 1.54) is 25.7 Å². The van der Waals surface area contributed by atoms with Crippen molar-refractivity contribution < 1.29 is 4.79 Å². The molecule has 2 saturated carbocycles. The van der Waals surface area contributed by atoms with Gasteiger partial charge in [0.25, 0.3) is 0 Å². The van der Waals surface area contributed by atoms with Crippen molar-refractivity contribution in [3.63, 3.8) is 0 Å². The van der Waals surface area contributed by atoms with E-state index in [1.54, 1.807) is 6.20 Å². The van der Waals surface area contributed by atoms with Crippen LogP contribution in [0.2, 0.25) is 0 Å². The minimum absolute atomic E-state index is 0.273. The number of aromatic nitrogens is 1. The molecule has 2 fully saturated rings. The Hall–Kier alpha value is -1.38. The smallest absolute Gasteiger partial charge is 0.164 e. The van der Waals surface area contributed by atoms with Crippen molar-refractivity contribution in [2.24, 2.45) is 17.8 Å². The SMILES string of the molecule is CN(C)c1ccc(C(=O)CC2CC3CCC2C3)cn1. The van der Waals surface area contributed by atoms with Crippen LogP contribution >= 0.6 is 0 Å². The Bertz CT molecular complexity index is 466. The second-order valence-corrected chi connectivity index (χ2v) is 6.36. The van der Waals surface area contributed by atoms with Crippen LogP contribution in [0.15, 0.2) is 18.3 Å². The van der Waals surface area contributed by atoms with Crippen LogP contribution in [-0.2, 0) is 0 Å². The molecule has 3 heteroatoms. The van der Waals surface area contributed by atoms with Gasteiger partial charge in [-0.1, -0.05) is 6.42 Å². The van der Waals surface area contributed by atoms with Gasteiger partial charge in [0.05, 0.1) is 0 Å². The normalized spacial score (nSPS) is 28.6. The third-order valence-corrected chi connectivity index (χ3v) is 4.86. The van der Waals surface area contributed by atoms with E-state index >= 15 is 0 Å². The van der Waals surface area contributed by atoms with Crippen molar-refractivity contribution in [2.45, 2.75) is 32.1 Å². The van der Waals surface area contributed by atoms with E-state index in [4.69, 9.17) is 0 Å². The van der Waals surface area contributed by atoms with Gasteiger partial charge < -0.3 is 4.90 Å². The molecule has 1 aromatic rings. The number of carbonyl (C=O) groups excluding carboxylic acids is 1. The maximum atomic E-state index is 12.3. The molecule has 1 aromatic heterocycles. The molecule has 2 bridgehead atoms. The van der Waals surface area contributed by atoms with Gasteiger partial charge in [-0.2, -0.15) is 0 Å². The Kier molecular flexibility index (Phi) is 3.29. The second kappa shape index (κ2) is 4.95. The van der Waals surface area contributed by atoms with Gasteiger partial charge in [-0.3, -0.25) is 4.79 Å². The first kappa shape index (κ1) is 12.6. The number of carbonyl (C=O) groups is 1. The molecule has 19 heavy (non-hydrogen) atoms. The third-order valence-electron chi connectivity index (χ3n) is 4.86. The third kappa shape index (κ3) is 2.51. The fraction of sp³-hybridized carbons (Fsp3) is 0.625. The Morgan fingerprint density at radius 3 is 2.68 bits per heavy atom. The van der Waals surface area contributed by atoms with Gasteiger partial charge in [-0.15, -0.1) is 0 Å². The first-order valence-electron chi connectivity index (χ1n) is 7.30. The van der Waals surface area contributed by atoms with Gasteiger partial charge in [0, 0.05) is 32.3 Å². The summed E-state index contributed by atoms with van der Waals surface area (Å²) in [4.78, 5) is 18.6. The Morgan fingerprint density at radius 1 is 1.32 bits per heavy atom. The summed E-state index contributed by atoms with van der Waals surface area (Å²) in [5.74, 6) is 3.55. The van der Waals surface area contributed by atoms with Gasteiger partial charge in [-0.25, -0.2) is 4.98 Å². The van der Waals surface area contributed by atoms with E-state index in [0.717, 1.165) is 29.6 Å². The highest BCUT2D eigenvalue weighted by molar-refractivity contribution is 5.96. The molecule has 102 valence electrons. The quantitative estimate of drug-likeness (QED) is 0.778. The molecule has 0 saturated heterocycles. The largest absolute Gasteiger partial charge is 0.363 e. The first-order chi connectivity index (χ1) is 9.13. The van der Waals surface area contributed by atoms with Crippen molar-refractivity contribution in [1.82, 2.24) is 4.98 Å². The molecule has 0 aliphatic heterocycles. The molecule has 2 aliphatic rings. The number of hydrogen-bond acceptors (Lipinski definition) is 3. The van der Waals surface area contributed by atoms with Crippen LogP contribution in [0.25, 0.3) is 0 Å². The van der Waals surface area contributed by atoms with Crippen LogP contribution in [-0.4, -0.2) is 24.9 Å². The fourth-order valence-corrected chi connectivity index (χ4v) is 3.80. The van der Waals surface area contributed by atoms with Crippen LogP contribution in [0.3, 0.4) is 0 Å². The predicted molar refractivity (Wildman–Crippen MR) is 76.4 cm³/mol. The van der Waals surface area contributed by atoms with E-state index in [1.807, 2.05) is 31.1 Å². The summed E-state index contributed by atoms with van der Waals surface area (Å²) in [5, 5.41) is 0. The topological polar surface area (TPSA) is 33.2 Å². The number of pyridine rings is 1. The molecule has 3 rings (SSSR count). The van der Waals surface area contributed by atoms with Crippen molar-refractivity contribution in [3.8, 4) is 0 Å². The highest BCUT2D eigenvalue weighted by atomic mass is 16.1. The number of anilines is 1. The lowest BCUT2D eigenvalue weighted by molar-refractivity contribution is 0.0944. The summed E-state index contributed by atoms with van der Waals surface area (Å²) in [6.45, 7) is 0. The number of nitrogens with zero attached hydrogens (tertiary/aromatic N) is 2. The first-order valence-corrected chi connectivity index (χ1v) is 7.30. The molecular formula is C16H22N2O. The summed E-state index contributed by atoms with van der Waals surface area (Å²) in [7, 11) is 3.91. The van der Waals surface area contributed by atoms with Gasteiger partial charge in [0.2, 0.25) is 0 Å². The maximum Gasteiger partial charge on any atom is 0.164 e. The highest BCUT2D eigenvalue weighted by Crippen LogP contribution is 2.49. The van der Waals surface area contributed by atoms with Gasteiger partial charge in [0.15, 0.2) is 5.78 Å². The predicted octanol–water partition coefficient (Wildman–Crippen LogP) is 3.16. The lowest BCUT2D eigenvalue weighted by Gasteiger charge is -2.20. The molecule has 3 unspecified atom stereocenters. The van der Waals surface area contributed by atoms with Crippen LogP contribution < -0.4 is 4.90 Å². The summed E-state index contributed by atoms with van der Waals surface area (Å²) in [6.07, 6.45) is 7.85. The van der Waals surface area contributed by atoms with Gasteiger partial charge >= 0.3 is 0 Å². The molecular weight excluding hydrogens is 236 g/mol. The molecule has 1 heterocycles. The molecule has 3 nitrogen and oxygen atoms in total. The molecule has 0 spiro atoms. The number of ketones is 1. The number of fused-ring (bicyclic) bond motifs is 2. The maximum absolute atomic E-state index is 12.3. The standard InChI is InChI=1S/C16H22N2O/c1-18(2)16-6-5-13(10-17-16)15(19)9-14-8-11-3-4-12(14)7-11/h5-6,10-12,14H,3-4,7-9H2,1-2H3. The van der Waals surface area contributed by atoms with Crippen LogP contribution in [0.4, 0.5) is 5.82 Å². The van der Waals surface area contributed by atoms with Crippen LogP contribution in [0.1, 0.15) is 42.5 Å². The molecule has 3 atom stereocenters. The minimum Gasteiger partial charge on any atom is -0.363 e.